The Morgan fingerprint density at radius 2 is 2.06 bits per heavy atom. The molecule has 0 spiro atoms. The number of likely N-dealkylation sites (tertiary alicyclic amines) is 1. The lowest BCUT2D eigenvalue weighted by Crippen LogP contribution is -2.36. The summed E-state index contributed by atoms with van der Waals surface area (Å²) in [6.45, 7) is 6.42. The summed E-state index contributed by atoms with van der Waals surface area (Å²) in [5, 5.41) is 0. The highest BCUT2D eigenvalue weighted by molar-refractivity contribution is 9.10. The van der Waals surface area contributed by atoms with E-state index in [9.17, 15) is 0 Å². The first kappa shape index (κ1) is 13.1. The fourth-order valence-electron chi connectivity index (χ4n) is 2.70. The Morgan fingerprint density at radius 3 is 2.71 bits per heavy atom. The number of rotatable bonds is 3. The molecule has 1 fully saturated rings. The number of nitrogens with zero attached hydrogens (tertiary/aromatic N) is 1. The Kier molecular flexibility index (Phi) is 4.60. The van der Waals surface area contributed by atoms with Crippen LogP contribution in [0.25, 0.3) is 0 Å². The highest BCUT2D eigenvalue weighted by atomic mass is 79.9. The fourth-order valence-corrected chi connectivity index (χ4v) is 3.08. The molecule has 1 aliphatic heterocycles. The molecule has 3 heteroatoms. The second-order valence-electron chi connectivity index (χ2n) is 4.91. The third-order valence-electron chi connectivity index (χ3n) is 3.71. The Morgan fingerprint density at radius 1 is 1.35 bits per heavy atom. The van der Waals surface area contributed by atoms with Gasteiger partial charge in [0.25, 0.3) is 0 Å². The summed E-state index contributed by atoms with van der Waals surface area (Å²) in [5.74, 6) is 0.724. The van der Waals surface area contributed by atoms with Gasteiger partial charge in [-0.1, -0.05) is 22.0 Å². The van der Waals surface area contributed by atoms with Crippen molar-refractivity contribution in [1.29, 1.82) is 0 Å². The Balaban J connectivity index is 2.02. The number of benzene rings is 1. The van der Waals surface area contributed by atoms with Crippen LogP contribution in [0.3, 0.4) is 0 Å². The fraction of sp³-hybridized carbons (Fsp3) is 0.571. The van der Waals surface area contributed by atoms with E-state index in [4.69, 9.17) is 5.73 Å². The van der Waals surface area contributed by atoms with Gasteiger partial charge in [-0.3, -0.25) is 0 Å². The first-order valence-corrected chi connectivity index (χ1v) is 7.18. The van der Waals surface area contributed by atoms with E-state index in [1.807, 2.05) is 0 Å². The average molecular weight is 297 g/mol. The molecule has 17 heavy (non-hydrogen) atoms. The molecule has 2 N–H and O–H groups in total. The molecule has 1 heterocycles. The van der Waals surface area contributed by atoms with E-state index < -0.39 is 0 Å². The van der Waals surface area contributed by atoms with Gasteiger partial charge >= 0.3 is 0 Å². The summed E-state index contributed by atoms with van der Waals surface area (Å²) >= 11 is 3.57. The molecule has 1 aliphatic rings. The molecule has 1 aromatic rings. The van der Waals surface area contributed by atoms with E-state index in [1.54, 1.807) is 0 Å². The molecule has 2 rings (SSSR count). The van der Waals surface area contributed by atoms with Crippen LogP contribution in [0.5, 0.6) is 0 Å². The summed E-state index contributed by atoms with van der Waals surface area (Å²) in [4.78, 5) is 2.48. The highest BCUT2D eigenvalue weighted by Gasteiger charge is 2.21. The monoisotopic (exact) mass is 296 g/mol. The molecule has 0 saturated carbocycles. The zero-order valence-electron chi connectivity index (χ0n) is 10.5. The SMILES string of the molecule is Cc1ccc(Br)cc1C1CCN(CCN)CC1. The molecule has 0 atom stereocenters. The van der Waals surface area contributed by atoms with Crippen LogP contribution in [0.4, 0.5) is 0 Å². The smallest absolute Gasteiger partial charge is 0.0178 e. The maximum absolute atomic E-state index is 5.60. The molecule has 1 saturated heterocycles. The van der Waals surface area contributed by atoms with Crippen molar-refractivity contribution in [3.63, 3.8) is 0 Å². The number of hydrogen-bond acceptors (Lipinski definition) is 2. The van der Waals surface area contributed by atoms with Crippen LogP contribution in [0, 0.1) is 6.92 Å². The van der Waals surface area contributed by atoms with Gasteiger partial charge in [-0.2, -0.15) is 0 Å². The molecular weight excluding hydrogens is 276 g/mol. The minimum atomic E-state index is 0.724. The third kappa shape index (κ3) is 3.30. The van der Waals surface area contributed by atoms with E-state index in [2.05, 4.69) is 46.0 Å². The van der Waals surface area contributed by atoms with Crippen molar-refractivity contribution in [2.24, 2.45) is 5.73 Å². The van der Waals surface area contributed by atoms with Crippen molar-refractivity contribution in [1.82, 2.24) is 4.90 Å². The first-order valence-electron chi connectivity index (χ1n) is 6.39. The minimum Gasteiger partial charge on any atom is -0.329 e. The largest absolute Gasteiger partial charge is 0.329 e. The molecule has 0 aliphatic carbocycles. The maximum Gasteiger partial charge on any atom is 0.0178 e. The van der Waals surface area contributed by atoms with Crippen LogP contribution in [0.2, 0.25) is 0 Å². The Bertz CT molecular complexity index is 370. The van der Waals surface area contributed by atoms with Gasteiger partial charge in [-0.15, -0.1) is 0 Å². The maximum atomic E-state index is 5.60. The van der Waals surface area contributed by atoms with E-state index in [0.717, 1.165) is 19.0 Å². The van der Waals surface area contributed by atoms with Gasteiger partial charge in [0.15, 0.2) is 0 Å². The van der Waals surface area contributed by atoms with E-state index in [1.165, 1.54) is 41.5 Å². The Hall–Kier alpha value is -0.380. The van der Waals surface area contributed by atoms with Crippen molar-refractivity contribution in [2.45, 2.75) is 25.7 Å². The van der Waals surface area contributed by atoms with Crippen LogP contribution < -0.4 is 5.73 Å². The normalized spacial score (nSPS) is 18.5. The van der Waals surface area contributed by atoms with E-state index in [0.29, 0.717) is 0 Å². The third-order valence-corrected chi connectivity index (χ3v) is 4.21. The second-order valence-corrected chi connectivity index (χ2v) is 5.82. The Labute approximate surface area is 112 Å². The number of aryl methyl sites for hydroxylation is 1. The van der Waals surface area contributed by atoms with Crippen molar-refractivity contribution in [3.05, 3.63) is 33.8 Å². The predicted octanol–water partition coefficient (Wildman–Crippen LogP) is 2.90. The van der Waals surface area contributed by atoms with Crippen molar-refractivity contribution in [3.8, 4) is 0 Å². The predicted molar refractivity (Wildman–Crippen MR) is 76.3 cm³/mol. The summed E-state index contributed by atoms with van der Waals surface area (Å²) in [6.07, 6.45) is 2.52. The quantitative estimate of drug-likeness (QED) is 0.929. The van der Waals surface area contributed by atoms with Crippen LogP contribution in [0.15, 0.2) is 22.7 Å². The van der Waals surface area contributed by atoms with Crippen LogP contribution in [-0.4, -0.2) is 31.1 Å². The lowest BCUT2D eigenvalue weighted by molar-refractivity contribution is 0.217. The van der Waals surface area contributed by atoms with Crippen molar-refractivity contribution >= 4 is 15.9 Å². The van der Waals surface area contributed by atoms with Crippen LogP contribution in [-0.2, 0) is 0 Å². The molecule has 0 bridgehead atoms. The molecule has 0 unspecified atom stereocenters. The van der Waals surface area contributed by atoms with E-state index in [-0.39, 0.29) is 0 Å². The van der Waals surface area contributed by atoms with Gasteiger partial charge in [0, 0.05) is 17.6 Å². The van der Waals surface area contributed by atoms with Crippen molar-refractivity contribution < 1.29 is 0 Å². The second kappa shape index (κ2) is 5.98. The molecule has 0 amide bonds. The minimum absolute atomic E-state index is 0.724. The molecule has 0 radical (unpaired) electrons. The van der Waals surface area contributed by atoms with Gasteiger partial charge in [-0.05, 0) is 62.0 Å². The molecule has 2 nitrogen and oxygen atoms in total. The number of halogens is 1. The van der Waals surface area contributed by atoms with Gasteiger partial charge in [0.05, 0.1) is 0 Å². The van der Waals surface area contributed by atoms with Gasteiger partial charge < -0.3 is 10.6 Å². The zero-order valence-corrected chi connectivity index (χ0v) is 12.0. The number of piperidine rings is 1. The standard InChI is InChI=1S/C14H21BrN2/c1-11-2-3-13(15)10-14(11)12-4-7-17(8-5-12)9-6-16/h2-3,10,12H,4-9,16H2,1H3. The van der Waals surface area contributed by atoms with Gasteiger partial charge in [0.2, 0.25) is 0 Å². The zero-order chi connectivity index (χ0) is 12.3. The van der Waals surface area contributed by atoms with Crippen molar-refractivity contribution in [2.75, 3.05) is 26.2 Å². The number of nitrogens with two attached hydrogens (primary N) is 1. The summed E-state index contributed by atoms with van der Waals surface area (Å²) in [7, 11) is 0. The van der Waals surface area contributed by atoms with Crippen LogP contribution in [0.1, 0.15) is 29.9 Å². The summed E-state index contributed by atoms with van der Waals surface area (Å²) < 4.78 is 1.20. The van der Waals surface area contributed by atoms with Gasteiger partial charge in [-0.25, -0.2) is 0 Å². The van der Waals surface area contributed by atoms with E-state index >= 15 is 0 Å². The molecule has 1 aromatic carbocycles. The lowest BCUT2D eigenvalue weighted by Gasteiger charge is -2.32. The topological polar surface area (TPSA) is 29.3 Å². The lowest BCUT2D eigenvalue weighted by atomic mass is 9.87. The van der Waals surface area contributed by atoms with Crippen LogP contribution >= 0.6 is 15.9 Å². The summed E-state index contributed by atoms with van der Waals surface area (Å²) in [5.41, 5.74) is 8.54. The molecule has 94 valence electrons. The molecular formula is C14H21BrN2. The van der Waals surface area contributed by atoms with Gasteiger partial charge in [0.1, 0.15) is 0 Å². The summed E-state index contributed by atoms with van der Waals surface area (Å²) in [6, 6.07) is 6.63. The molecule has 0 aromatic heterocycles. The average Bonchev–Trinajstić information content (AvgIpc) is 2.34. The highest BCUT2D eigenvalue weighted by Crippen LogP contribution is 2.31. The number of hydrogen-bond donors (Lipinski definition) is 1. The first-order chi connectivity index (χ1) is 8.20.